The maximum atomic E-state index is 13.5. The van der Waals surface area contributed by atoms with Crippen LogP contribution in [0.2, 0.25) is 0 Å². The lowest BCUT2D eigenvalue weighted by Gasteiger charge is -2.40. The van der Waals surface area contributed by atoms with E-state index in [1.165, 1.54) is 36.6 Å². The Morgan fingerprint density at radius 2 is 1.77 bits per heavy atom. The molecule has 1 saturated heterocycles. The van der Waals surface area contributed by atoms with Gasteiger partial charge in [-0.15, -0.1) is 0 Å². The lowest BCUT2D eigenvalue weighted by Crippen LogP contribution is -2.50. The number of carboxylic acid groups (broad SMARTS) is 1. The highest BCUT2D eigenvalue weighted by atomic mass is 19.1. The van der Waals surface area contributed by atoms with Gasteiger partial charge in [0.25, 0.3) is 5.91 Å². The third-order valence-electron chi connectivity index (χ3n) is 8.29. The second-order valence-corrected chi connectivity index (χ2v) is 10.8. The Kier molecular flexibility index (Phi) is 6.81. The molecular formula is C31H32FN3O4. The van der Waals surface area contributed by atoms with Crippen LogP contribution in [0.5, 0.6) is 5.75 Å². The number of benzene rings is 2. The van der Waals surface area contributed by atoms with Crippen LogP contribution in [-0.4, -0.2) is 64.6 Å². The van der Waals surface area contributed by atoms with E-state index in [-0.39, 0.29) is 23.5 Å². The summed E-state index contributed by atoms with van der Waals surface area (Å²) in [5.74, 6) is 0.0156. The Bertz CT molecular complexity index is 1410. The molecule has 1 aromatic heterocycles. The molecule has 1 N–H and O–H groups in total. The topological polar surface area (TPSA) is 83.0 Å². The number of carbonyl (C=O) groups excluding carboxylic acids is 1. The number of carboxylic acids is 1. The molecule has 0 atom stereocenters. The first-order chi connectivity index (χ1) is 18.9. The highest BCUT2D eigenvalue weighted by molar-refractivity contribution is 5.97. The highest BCUT2D eigenvalue weighted by Crippen LogP contribution is 2.46. The van der Waals surface area contributed by atoms with Crippen molar-refractivity contribution in [2.75, 3.05) is 26.7 Å². The summed E-state index contributed by atoms with van der Waals surface area (Å²) < 4.78 is 19.4. The quantitative estimate of drug-likeness (QED) is 0.457. The van der Waals surface area contributed by atoms with Gasteiger partial charge in [0, 0.05) is 44.2 Å². The lowest BCUT2D eigenvalue weighted by atomic mass is 9.93. The van der Waals surface area contributed by atoms with E-state index in [1.54, 1.807) is 13.2 Å². The number of carbonyl (C=O) groups is 2. The van der Waals surface area contributed by atoms with Crippen LogP contribution < -0.4 is 4.74 Å². The molecule has 1 aliphatic carbocycles. The summed E-state index contributed by atoms with van der Waals surface area (Å²) in [5, 5.41) is 9.21. The molecule has 2 aliphatic heterocycles. The van der Waals surface area contributed by atoms with Crippen LogP contribution in [0.4, 0.5) is 4.39 Å². The van der Waals surface area contributed by atoms with Crippen molar-refractivity contribution in [3.63, 3.8) is 0 Å². The van der Waals surface area contributed by atoms with Crippen molar-refractivity contribution in [2.24, 2.45) is 0 Å². The van der Waals surface area contributed by atoms with Crippen molar-refractivity contribution in [1.82, 2.24) is 14.8 Å². The number of nitrogens with zero attached hydrogens (tertiary/aromatic N) is 3. The van der Waals surface area contributed by atoms with Crippen molar-refractivity contribution >= 4 is 11.9 Å². The van der Waals surface area contributed by atoms with E-state index < -0.39 is 5.97 Å². The number of rotatable bonds is 7. The molecule has 1 amide bonds. The Morgan fingerprint density at radius 1 is 1.03 bits per heavy atom. The number of likely N-dealkylation sites (tertiary alicyclic amines) is 1. The normalized spacial score (nSPS) is 18.2. The molecule has 0 bridgehead atoms. The van der Waals surface area contributed by atoms with Crippen LogP contribution in [0.25, 0.3) is 11.1 Å². The smallest absolute Gasteiger partial charge is 0.354 e. The number of amides is 1. The molecule has 39 heavy (non-hydrogen) atoms. The number of piperidine rings is 1. The van der Waals surface area contributed by atoms with Gasteiger partial charge < -0.3 is 14.7 Å². The fraction of sp³-hybridized carbons (Fsp3) is 0.387. The second-order valence-electron chi connectivity index (χ2n) is 10.8. The SMILES string of the molecule is COc1cc(-c2ccc(F)cc2)c(C2CC2)cc1CN1CCC(N2CCc3nc(C(=O)O)ccc3C2=O)CC1. The maximum absolute atomic E-state index is 13.5. The van der Waals surface area contributed by atoms with Gasteiger partial charge in [-0.05, 0) is 84.7 Å². The molecule has 3 aliphatic rings. The van der Waals surface area contributed by atoms with Gasteiger partial charge in [-0.1, -0.05) is 12.1 Å². The summed E-state index contributed by atoms with van der Waals surface area (Å²) in [4.78, 5) is 33.0. The number of halogens is 1. The zero-order valence-corrected chi connectivity index (χ0v) is 22.0. The number of fused-ring (bicyclic) bond motifs is 1. The van der Waals surface area contributed by atoms with E-state index in [0.29, 0.717) is 30.1 Å². The molecule has 202 valence electrons. The van der Waals surface area contributed by atoms with Crippen molar-refractivity contribution in [3.8, 4) is 16.9 Å². The molecule has 2 aromatic carbocycles. The minimum absolute atomic E-state index is 0.0192. The summed E-state index contributed by atoms with van der Waals surface area (Å²) in [7, 11) is 1.70. The summed E-state index contributed by atoms with van der Waals surface area (Å²) in [6, 6.07) is 14.2. The summed E-state index contributed by atoms with van der Waals surface area (Å²) in [5.41, 5.74) is 5.67. The predicted molar refractivity (Wildman–Crippen MR) is 145 cm³/mol. The minimum atomic E-state index is -1.08. The van der Waals surface area contributed by atoms with Crippen LogP contribution >= 0.6 is 0 Å². The van der Waals surface area contributed by atoms with Gasteiger partial charge in [-0.25, -0.2) is 14.2 Å². The number of pyridine rings is 1. The van der Waals surface area contributed by atoms with Crippen LogP contribution in [-0.2, 0) is 13.0 Å². The third-order valence-corrected chi connectivity index (χ3v) is 8.29. The fourth-order valence-electron chi connectivity index (χ4n) is 6.04. The van der Waals surface area contributed by atoms with E-state index in [2.05, 4.69) is 22.0 Å². The monoisotopic (exact) mass is 529 g/mol. The molecule has 0 radical (unpaired) electrons. The van der Waals surface area contributed by atoms with Crippen LogP contribution in [0.3, 0.4) is 0 Å². The molecule has 7 nitrogen and oxygen atoms in total. The van der Waals surface area contributed by atoms with Crippen LogP contribution in [0, 0.1) is 5.82 Å². The molecule has 1 saturated carbocycles. The molecular weight excluding hydrogens is 497 g/mol. The maximum Gasteiger partial charge on any atom is 0.354 e. The molecule has 3 heterocycles. The number of hydrogen-bond acceptors (Lipinski definition) is 5. The molecule has 2 fully saturated rings. The Hall–Kier alpha value is -3.78. The zero-order valence-electron chi connectivity index (χ0n) is 22.0. The fourth-order valence-corrected chi connectivity index (χ4v) is 6.04. The molecule has 8 heteroatoms. The number of aromatic carboxylic acids is 1. The molecule has 6 rings (SSSR count). The van der Waals surface area contributed by atoms with Crippen molar-refractivity contribution in [1.29, 1.82) is 0 Å². The van der Waals surface area contributed by atoms with Crippen molar-refractivity contribution in [2.45, 2.75) is 50.6 Å². The van der Waals surface area contributed by atoms with Crippen LogP contribution in [0.15, 0.2) is 48.5 Å². The molecule has 0 unspecified atom stereocenters. The molecule has 3 aromatic rings. The summed E-state index contributed by atoms with van der Waals surface area (Å²) in [6.45, 7) is 3.09. The van der Waals surface area contributed by atoms with E-state index in [4.69, 9.17) is 4.74 Å². The van der Waals surface area contributed by atoms with Gasteiger partial charge in [-0.3, -0.25) is 9.69 Å². The van der Waals surface area contributed by atoms with Gasteiger partial charge in [0.1, 0.15) is 17.3 Å². The van der Waals surface area contributed by atoms with Gasteiger partial charge in [0.2, 0.25) is 0 Å². The number of ether oxygens (including phenoxy) is 1. The van der Waals surface area contributed by atoms with Crippen molar-refractivity contribution in [3.05, 3.63) is 82.4 Å². The Labute approximate surface area is 227 Å². The third kappa shape index (κ3) is 5.13. The standard InChI is InChI=1S/C31H32FN3O4/c1-39-29-17-26(20-4-6-22(32)7-5-20)25(19-2-3-19)16-21(29)18-34-13-10-23(11-14-34)35-15-12-27-24(30(35)36)8-9-28(33-27)31(37)38/h4-9,16-17,19,23H,2-3,10-15,18H2,1H3,(H,37,38). The van der Waals surface area contributed by atoms with E-state index in [9.17, 15) is 19.1 Å². The minimum Gasteiger partial charge on any atom is -0.496 e. The van der Waals surface area contributed by atoms with E-state index >= 15 is 0 Å². The van der Waals surface area contributed by atoms with Gasteiger partial charge in [-0.2, -0.15) is 0 Å². The zero-order chi connectivity index (χ0) is 27.1. The van der Waals surface area contributed by atoms with Gasteiger partial charge in [0.05, 0.1) is 18.4 Å². The van der Waals surface area contributed by atoms with E-state index in [0.717, 1.165) is 54.9 Å². The average Bonchev–Trinajstić information content (AvgIpc) is 3.80. The summed E-state index contributed by atoms with van der Waals surface area (Å²) in [6.07, 6.45) is 4.68. The number of hydrogen-bond donors (Lipinski definition) is 1. The second kappa shape index (κ2) is 10.4. The predicted octanol–water partition coefficient (Wildman–Crippen LogP) is 5.13. The number of methoxy groups -OCH3 is 1. The Balaban J connectivity index is 1.14. The van der Waals surface area contributed by atoms with Gasteiger partial charge in [0.15, 0.2) is 0 Å². The highest BCUT2D eigenvalue weighted by Gasteiger charge is 2.34. The van der Waals surface area contributed by atoms with Crippen molar-refractivity contribution < 1.29 is 23.8 Å². The lowest BCUT2D eigenvalue weighted by molar-refractivity contribution is 0.0540. The Morgan fingerprint density at radius 3 is 2.44 bits per heavy atom. The van der Waals surface area contributed by atoms with Gasteiger partial charge >= 0.3 is 5.97 Å². The van der Waals surface area contributed by atoms with E-state index in [1.807, 2.05) is 17.0 Å². The van der Waals surface area contributed by atoms with Crippen LogP contribution in [0.1, 0.15) is 69.3 Å². The summed E-state index contributed by atoms with van der Waals surface area (Å²) >= 11 is 0. The largest absolute Gasteiger partial charge is 0.496 e. The first-order valence-electron chi connectivity index (χ1n) is 13.6. The first kappa shape index (κ1) is 25.5. The number of aromatic nitrogens is 1. The first-order valence-corrected chi connectivity index (χ1v) is 13.6. The average molecular weight is 530 g/mol. The molecule has 0 spiro atoms.